The van der Waals surface area contributed by atoms with Crippen LogP contribution >= 0.6 is 11.6 Å². The first-order valence-electron chi connectivity index (χ1n) is 12.2. The Balaban J connectivity index is 1.75. The van der Waals surface area contributed by atoms with Crippen LogP contribution in [0.2, 0.25) is 5.02 Å². The molecule has 0 spiro atoms. The van der Waals surface area contributed by atoms with Gasteiger partial charge in [-0.15, -0.1) is 5.92 Å². The van der Waals surface area contributed by atoms with Crippen LogP contribution < -0.4 is 21.9 Å². The molecule has 1 aromatic carbocycles. The first kappa shape index (κ1) is 26.4. The standard InChI is InChI=1S/C26H31ClN8O2/c1-5-6-13-34-25(32-12-7-8-20(28)16-32)31-23-17(2)24(36)33(26(37)35(23)34)14-11-30-18(3)21-15-19(27)9-10-22(21)29-4/h9-10,15,20H,4,7-8,11-14,16,28H2,1-3H3. The van der Waals surface area contributed by atoms with Crippen LogP contribution in [0.25, 0.3) is 5.65 Å². The number of benzene rings is 1. The number of nitrogens with two attached hydrogens (primary N) is 1. The van der Waals surface area contributed by atoms with Gasteiger partial charge in [-0.25, -0.2) is 9.48 Å². The number of hydrogen-bond donors (Lipinski definition) is 1. The molecule has 1 saturated heterocycles. The lowest BCUT2D eigenvalue weighted by Crippen LogP contribution is -2.44. The van der Waals surface area contributed by atoms with Gasteiger partial charge in [-0.3, -0.25) is 19.3 Å². The van der Waals surface area contributed by atoms with Gasteiger partial charge in [-0.2, -0.15) is 9.50 Å². The molecular weight excluding hydrogens is 492 g/mol. The predicted molar refractivity (Wildman–Crippen MR) is 149 cm³/mol. The summed E-state index contributed by atoms with van der Waals surface area (Å²) in [5.74, 6) is 6.50. The molecule has 11 heteroatoms. The molecule has 0 aliphatic carbocycles. The van der Waals surface area contributed by atoms with E-state index >= 15 is 0 Å². The SMILES string of the molecule is C=Nc1ccc(Cl)cc1C(C)=NCCn1c(=O)c(C)c2nc(N3CCCC(N)C3)n(CC#CC)n2c1=O. The largest absolute Gasteiger partial charge is 0.352 e. The molecule has 0 amide bonds. The zero-order chi connectivity index (χ0) is 26.7. The van der Waals surface area contributed by atoms with E-state index in [-0.39, 0.29) is 31.2 Å². The minimum absolute atomic E-state index is 0.0227. The quantitative estimate of drug-likeness (QED) is 0.378. The van der Waals surface area contributed by atoms with Gasteiger partial charge < -0.3 is 10.6 Å². The highest BCUT2D eigenvalue weighted by Gasteiger charge is 2.25. The summed E-state index contributed by atoms with van der Waals surface area (Å²) >= 11 is 6.14. The number of halogens is 1. The fourth-order valence-corrected chi connectivity index (χ4v) is 4.77. The van der Waals surface area contributed by atoms with Crippen LogP contribution in [0.5, 0.6) is 0 Å². The van der Waals surface area contributed by atoms with E-state index in [4.69, 9.17) is 22.3 Å². The van der Waals surface area contributed by atoms with E-state index < -0.39 is 5.69 Å². The highest BCUT2D eigenvalue weighted by Crippen LogP contribution is 2.24. The van der Waals surface area contributed by atoms with Crippen molar-refractivity contribution in [1.82, 2.24) is 18.7 Å². The van der Waals surface area contributed by atoms with Crippen molar-refractivity contribution in [2.45, 2.75) is 52.7 Å². The van der Waals surface area contributed by atoms with E-state index in [1.807, 2.05) is 6.92 Å². The Labute approximate surface area is 220 Å². The number of nitrogens with zero attached hydrogens (tertiary/aromatic N) is 7. The predicted octanol–water partition coefficient (Wildman–Crippen LogP) is 2.41. The molecule has 3 aromatic rings. The molecule has 1 aliphatic rings. The summed E-state index contributed by atoms with van der Waals surface area (Å²) < 4.78 is 4.38. The van der Waals surface area contributed by atoms with Crippen LogP contribution in [0.4, 0.5) is 11.6 Å². The Morgan fingerprint density at radius 2 is 2.14 bits per heavy atom. The summed E-state index contributed by atoms with van der Waals surface area (Å²) in [5, 5.41) is 0.557. The molecule has 1 atom stereocenters. The third-order valence-electron chi connectivity index (χ3n) is 6.53. The maximum atomic E-state index is 13.6. The van der Waals surface area contributed by atoms with Crippen LogP contribution in [0.15, 0.2) is 37.8 Å². The average molecular weight is 523 g/mol. The van der Waals surface area contributed by atoms with Gasteiger partial charge in [0.2, 0.25) is 5.95 Å². The number of piperidine rings is 1. The number of rotatable bonds is 7. The summed E-state index contributed by atoms with van der Waals surface area (Å²) in [6.45, 7) is 10.8. The fraction of sp³-hybridized carbons (Fsp3) is 0.423. The minimum atomic E-state index is -0.479. The molecule has 2 N–H and O–H groups in total. The molecule has 37 heavy (non-hydrogen) atoms. The zero-order valence-electron chi connectivity index (χ0n) is 21.4. The van der Waals surface area contributed by atoms with Crippen molar-refractivity contribution in [2.24, 2.45) is 15.7 Å². The Kier molecular flexibility index (Phi) is 7.95. The molecule has 0 bridgehead atoms. The highest BCUT2D eigenvalue weighted by atomic mass is 35.5. The van der Waals surface area contributed by atoms with Crippen LogP contribution in [0, 0.1) is 18.8 Å². The first-order chi connectivity index (χ1) is 17.8. The number of aromatic nitrogens is 4. The van der Waals surface area contributed by atoms with Crippen LogP contribution in [-0.2, 0) is 13.1 Å². The Hall–Kier alpha value is -3.68. The lowest BCUT2D eigenvalue weighted by molar-refractivity contribution is 0.484. The summed E-state index contributed by atoms with van der Waals surface area (Å²) in [4.78, 5) is 42.2. The van der Waals surface area contributed by atoms with Gasteiger partial charge in [0.25, 0.3) is 5.56 Å². The third kappa shape index (κ3) is 5.24. The summed E-state index contributed by atoms with van der Waals surface area (Å²) in [6, 6.07) is 5.29. The monoisotopic (exact) mass is 522 g/mol. The van der Waals surface area contributed by atoms with Crippen molar-refractivity contribution in [3.05, 3.63) is 55.2 Å². The van der Waals surface area contributed by atoms with E-state index in [0.717, 1.165) is 24.9 Å². The fourth-order valence-electron chi connectivity index (χ4n) is 4.60. The Morgan fingerprint density at radius 1 is 1.35 bits per heavy atom. The van der Waals surface area contributed by atoms with E-state index in [1.165, 1.54) is 9.08 Å². The number of anilines is 1. The van der Waals surface area contributed by atoms with Crippen LogP contribution in [0.3, 0.4) is 0 Å². The van der Waals surface area contributed by atoms with Gasteiger partial charge in [-0.05, 0) is 58.5 Å². The van der Waals surface area contributed by atoms with Gasteiger partial charge in [0.1, 0.15) is 6.54 Å². The number of hydrogen-bond acceptors (Lipinski definition) is 7. The minimum Gasteiger partial charge on any atom is -0.339 e. The smallest absolute Gasteiger partial charge is 0.339 e. The van der Waals surface area contributed by atoms with Crippen LogP contribution in [-0.4, -0.2) is 56.9 Å². The Bertz CT molecular complexity index is 1550. The lowest BCUT2D eigenvalue weighted by Gasteiger charge is -2.31. The van der Waals surface area contributed by atoms with Gasteiger partial charge >= 0.3 is 5.69 Å². The van der Waals surface area contributed by atoms with Crippen molar-refractivity contribution in [1.29, 1.82) is 0 Å². The maximum absolute atomic E-state index is 13.6. The molecule has 1 unspecified atom stereocenters. The van der Waals surface area contributed by atoms with E-state index in [2.05, 4.69) is 33.4 Å². The van der Waals surface area contributed by atoms with Crippen molar-refractivity contribution in [3.8, 4) is 11.8 Å². The number of fused-ring (bicyclic) bond motifs is 1. The van der Waals surface area contributed by atoms with Crippen molar-refractivity contribution >= 4 is 41.3 Å². The van der Waals surface area contributed by atoms with E-state index in [0.29, 0.717) is 40.1 Å². The normalized spacial score (nSPS) is 16.1. The topological polar surface area (TPSA) is 115 Å². The third-order valence-corrected chi connectivity index (χ3v) is 6.76. The van der Waals surface area contributed by atoms with Gasteiger partial charge in [0.05, 0.1) is 24.3 Å². The molecule has 0 radical (unpaired) electrons. The van der Waals surface area contributed by atoms with Crippen LogP contribution in [0.1, 0.15) is 37.8 Å². The summed E-state index contributed by atoms with van der Waals surface area (Å²) in [6.07, 6.45) is 1.87. The maximum Gasteiger partial charge on any atom is 0.352 e. The summed E-state index contributed by atoms with van der Waals surface area (Å²) in [7, 11) is 0. The lowest BCUT2D eigenvalue weighted by atomic mass is 10.1. The second-order valence-corrected chi connectivity index (χ2v) is 9.47. The van der Waals surface area contributed by atoms with Gasteiger partial charge in [0.15, 0.2) is 5.65 Å². The molecule has 4 rings (SSSR count). The molecule has 194 valence electrons. The Morgan fingerprint density at radius 3 is 2.84 bits per heavy atom. The van der Waals surface area contributed by atoms with E-state index in [9.17, 15) is 9.59 Å². The highest BCUT2D eigenvalue weighted by molar-refractivity contribution is 6.31. The zero-order valence-corrected chi connectivity index (χ0v) is 22.1. The first-order valence-corrected chi connectivity index (χ1v) is 12.6. The molecule has 10 nitrogen and oxygen atoms in total. The van der Waals surface area contributed by atoms with E-state index in [1.54, 1.807) is 36.7 Å². The number of aliphatic imine (C=N–C) groups is 2. The molecule has 3 heterocycles. The molecule has 2 aromatic heterocycles. The summed E-state index contributed by atoms with van der Waals surface area (Å²) in [5.41, 5.74) is 8.15. The van der Waals surface area contributed by atoms with Crippen molar-refractivity contribution in [3.63, 3.8) is 0 Å². The molecule has 1 fully saturated rings. The average Bonchev–Trinajstić information content (AvgIpc) is 3.27. The van der Waals surface area contributed by atoms with Crippen molar-refractivity contribution < 1.29 is 0 Å². The van der Waals surface area contributed by atoms with Gasteiger partial charge in [0, 0.05) is 35.4 Å². The molecule has 0 saturated carbocycles. The molecule has 1 aliphatic heterocycles. The number of aryl methyl sites for hydroxylation is 1. The second kappa shape index (κ2) is 11.2. The molecular formula is C26H31ClN8O2. The van der Waals surface area contributed by atoms with Gasteiger partial charge in [-0.1, -0.05) is 17.5 Å². The second-order valence-electron chi connectivity index (χ2n) is 9.03. The van der Waals surface area contributed by atoms with Crippen molar-refractivity contribution in [2.75, 3.05) is 24.5 Å².